The van der Waals surface area contributed by atoms with Crippen molar-refractivity contribution in [3.8, 4) is 0 Å². The van der Waals surface area contributed by atoms with Crippen molar-refractivity contribution in [1.29, 1.82) is 0 Å². The number of ketones is 1. The predicted molar refractivity (Wildman–Crippen MR) is 86.9 cm³/mol. The minimum Gasteiger partial charge on any atom is -0.299 e. The number of sulfonamides is 1. The maximum atomic E-state index is 13.1. The van der Waals surface area contributed by atoms with Gasteiger partial charge in [-0.2, -0.15) is 4.31 Å². The largest absolute Gasteiger partial charge is 0.299 e. The molecule has 0 aromatic heterocycles. The molecule has 1 aliphatic heterocycles. The standard InChI is InChI=1S/C17H29NO3S/c1-12(2)14-6-5-9-18(14)22(20,21)11-17-8-7-13(10-15(17)19)16(17,3)4/h12-14H,5-11H2,1-4H3. The lowest BCUT2D eigenvalue weighted by Crippen LogP contribution is -2.48. The van der Waals surface area contributed by atoms with Crippen molar-refractivity contribution in [3.05, 3.63) is 0 Å². The summed E-state index contributed by atoms with van der Waals surface area (Å²) in [4.78, 5) is 12.6. The van der Waals surface area contributed by atoms with Gasteiger partial charge in [-0.25, -0.2) is 8.42 Å². The average Bonchev–Trinajstić information content (AvgIpc) is 3.02. The first-order valence-electron chi connectivity index (χ1n) is 8.65. The van der Waals surface area contributed by atoms with Crippen molar-refractivity contribution >= 4 is 15.8 Å². The van der Waals surface area contributed by atoms with Crippen LogP contribution in [-0.4, -0.2) is 36.8 Å². The zero-order valence-corrected chi connectivity index (χ0v) is 15.1. The molecule has 3 atom stereocenters. The third kappa shape index (κ3) is 2.11. The van der Waals surface area contributed by atoms with Gasteiger partial charge in [0.1, 0.15) is 5.78 Å². The number of hydrogen-bond donors (Lipinski definition) is 0. The molecule has 2 bridgehead atoms. The Labute approximate surface area is 134 Å². The molecule has 0 amide bonds. The zero-order chi connectivity index (χ0) is 16.3. The summed E-state index contributed by atoms with van der Waals surface area (Å²) in [6, 6.07) is 0.109. The molecule has 0 spiro atoms. The number of Topliss-reactive ketones (excluding diaryl/α,β-unsaturated/α-hetero) is 1. The van der Waals surface area contributed by atoms with Gasteiger partial charge in [-0.05, 0) is 42.9 Å². The number of fused-ring (bicyclic) bond motifs is 2. The van der Waals surface area contributed by atoms with Gasteiger partial charge in [0.2, 0.25) is 10.0 Å². The fourth-order valence-electron chi connectivity index (χ4n) is 5.28. The lowest BCUT2D eigenvalue weighted by atomic mass is 9.70. The third-order valence-electron chi connectivity index (χ3n) is 6.94. The molecule has 0 aromatic carbocycles. The molecule has 4 nitrogen and oxygen atoms in total. The van der Waals surface area contributed by atoms with Crippen LogP contribution in [0.2, 0.25) is 0 Å². The second kappa shape index (κ2) is 5.04. The quantitative estimate of drug-likeness (QED) is 0.798. The highest BCUT2D eigenvalue weighted by atomic mass is 32.2. The van der Waals surface area contributed by atoms with Crippen LogP contribution >= 0.6 is 0 Å². The van der Waals surface area contributed by atoms with Crippen molar-refractivity contribution in [2.75, 3.05) is 12.3 Å². The predicted octanol–water partition coefficient (Wildman–Crippen LogP) is 2.83. The lowest BCUT2D eigenvalue weighted by Gasteiger charge is -2.38. The summed E-state index contributed by atoms with van der Waals surface area (Å²) in [7, 11) is -3.37. The van der Waals surface area contributed by atoms with Crippen LogP contribution < -0.4 is 0 Å². The van der Waals surface area contributed by atoms with E-state index in [2.05, 4.69) is 27.7 Å². The second-order valence-corrected chi connectivity index (χ2v) is 10.4. The van der Waals surface area contributed by atoms with Gasteiger partial charge in [0.25, 0.3) is 0 Å². The summed E-state index contributed by atoms with van der Waals surface area (Å²) < 4.78 is 27.9. The molecule has 3 fully saturated rings. The van der Waals surface area contributed by atoms with E-state index < -0.39 is 15.4 Å². The number of hydrogen-bond acceptors (Lipinski definition) is 3. The van der Waals surface area contributed by atoms with E-state index in [1.54, 1.807) is 4.31 Å². The molecule has 3 unspecified atom stereocenters. The Morgan fingerprint density at radius 3 is 2.45 bits per heavy atom. The maximum absolute atomic E-state index is 13.1. The van der Waals surface area contributed by atoms with Crippen LogP contribution in [0.5, 0.6) is 0 Å². The van der Waals surface area contributed by atoms with E-state index in [0.717, 1.165) is 25.7 Å². The molecule has 2 aliphatic carbocycles. The molecule has 3 aliphatic rings. The minimum absolute atomic E-state index is 0.0333. The molecule has 0 N–H and O–H groups in total. The highest BCUT2D eigenvalue weighted by molar-refractivity contribution is 7.89. The molecule has 22 heavy (non-hydrogen) atoms. The van der Waals surface area contributed by atoms with Gasteiger partial charge in [0, 0.05) is 24.4 Å². The van der Waals surface area contributed by atoms with Gasteiger partial charge in [0.15, 0.2) is 0 Å². The van der Waals surface area contributed by atoms with E-state index in [9.17, 15) is 13.2 Å². The van der Waals surface area contributed by atoms with Crippen molar-refractivity contribution in [2.24, 2.45) is 22.7 Å². The molecule has 2 saturated carbocycles. The Kier molecular flexibility index (Phi) is 3.76. The molecule has 126 valence electrons. The van der Waals surface area contributed by atoms with Gasteiger partial charge in [0.05, 0.1) is 5.75 Å². The summed E-state index contributed by atoms with van der Waals surface area (Å²) in [5.41, 5.74) is -0.815. The van der Waals surface area contributed by atoms with Gasteiger partial charge < -0.3 is 0 Å². The summed E-state index contributed by atoms with van der Waals surface area (Å²) in [6.07, 6.45) is 4.22. The Hall–Kier alpha value is -0.420. The topological polar surface area (TPSA) is 54.5 Å². The second-order valence-electron chi connectivity index (χ2n) is 8.49. The molecule has 5 heteroatoms. The van der Waals surface area contributed by atoms with Crippen LogP contribution in [-0.2, 0) is 14.8 Å². The van der Waals surface area contributed by atoms with E-state index in [1.807, 2.05) is 0 Å². The first-order valence-corrected chi connectivity index (χ1v) is 10.3. The first kappa shape index (κ1) is 16.4. The highest BCUT2D eigenvalue weighted by Gasteiger charge is 2.65. The SMILES string of the molecule is CC(C)C1CCCN1S(=O)(=O)CC12CCC(CC1=O)C2(C)C. The summed E-state index contributed by atoms with van der Waals surface area (Å²) in [6.45, 7) is 9.02. The van der Waals surface area contributed by atoms with Crippen LogP contribution in [0.4, 0.5) is 0 Å². The fraction of sp³-hybridized carbons (Fsp3) is 0.941. The van der Waals surface area contributed by atoms with Crippen molar-refractivity contribution in [1.82, 2.24) is 4.31 Å². The molecule has 1 heterocycles. The minimum atomic E-state index is -3.37. The van der Waals surface area contributed by atoms with E-state index in [0.29, 0.717) is 24.8 Å². The monoisotopic (exact) mass is 327 g/mol. The van der Waals surface area contributed by atoms with Crippen LogP contribution in [0.3, 0.4) is 0 Å². The molecule has 0 radical (unpaired) electrons. The van der Waals surface area contributed by atoms with Crippen molar-refractivity contribution < 1.29 is 13.2 Å². The van der Waals surface area contributed by atoms with E-state index in [4.69, 9.17) is 0 Å². The smallest absolute Gasteiger partial charge is 0.215 e. The molecule has 0 aromatic rings. The van der Waals surface area contributed by atoms with Crippen LogP contribution in [0.1, 0.15) is 59.8 Å². The first-order chi connectivity index (χ1) is 10.1. The lowest BCUT2D eigenvalue weighted by molar-refractivity contribution is -0.128. The van der Waals surface area contributed by atoms with Gasteiger partial charge in [-0.1, -0.05) is 27.7 Å². The zero-order valence-electron chi connectivity index (χ0n) is 14.3. The number of carbonyl (C=O) groups is 1. The van der Waals surface area contributed by atoms with Crippen LogP contribution in [0, 0.1) is 22.7 Å². The van der Waals surface area contributed by atoms with Crippen LogP contribution in [0.25, 0.3) is 0 Å². The summed E-state index contributed by atoms with van der Waals surface area (Å²) >= 11 is 0. The van der Waals surface area contributed by atoms with E-state index in [1.165, 1.54) is 0 Å². The Bertz CT molecular complexity index is 581. The molecule has 3 rings (SSSR count). The van der Waals surface area contributed by atoms with Crippen molar-refractivity contribution in [3.63, 3.8) is 0 Å². The molecular weight excluding hydrogens is 298 g/mol. The number of carbonyl (C=O) groups excluding carboxylic acids is 1. The van der Waals surface area contributed by atoms with Crippen molar-refractivity contribution in [2.45, 2.75) is 65.8 Å². The average molecular weight is 327 g/mol. The normalized spacial score (nSPS) is 38.3. The number of nitrogens with zero attached hydrogens (tertiary/aromatic N) is 1. The molecular formula is C17H29NO3S. The number of rotatable bonds is 4. The van der Waals surface area contributed by atoms with Gasteiger partial charge in [-0.15, -0.1) is 0 Å². The Morgan fingerprint density at radius 2 is 1.95 bits per heavy atom. The van der Waals surface area contributed by atoms with Gasteiger partial charge in [-0.3, -0.25) is 4.79 Å². The Balaban J connectivity index is 1.90. The van der Waals surface area contributed by atoms with E-state index in [-0.39, 0.29) is 23.0 Å². The Morgan fingerprint density at radius 1 is 1.27 bits per heavy atom. The third-order valence-corrected chi connectivity index (χ3v) is 8.97. The van der Waals surface area contributed by atoms with Crippen LogP contribution in [0.15, 0.2) is 0 Å². The fourth-order valence-corrected chi connectivity index (χ4v) is 7.91. The van der Waals surface area contributed by atoms with E-state index >= 15 is 0 Å². The van der Waals surface area contributed by atoms with Gasteiger partial charge >= 0.3 is 0 Å². The maximum Gasteiger partial charge on any atom is 0.215 e. The summed E-state index contributed by atoms with van der Waals surface area (Å²) in [5, 5.41) is 0. The summed E-state index contributed by atoms with van der Waals surface area (Å²) in [5.74, 6) is 0.927. The molecule has 1 saturated heterocycles. The highest BCUT2D eigenvalue weighted by Crippen LogP contribution is 2.64.